The van der Waals surface area contributed by atoms with Gasteiger partial charge in [-0.25, -0.2) is 4.98 Å². The molecule has 0 aliphatic rings. The van der Waals surface area contributed by atoms with Crippen LogP contribution in [0.5, 0.6) is 0 Å². The van der Waals surface area contributed by atoms with Crippen molar-refractivity contribution in [1.29, 1.82) is 0 Å². The van der Waals surface area contributed by atoms with Crippen LogP contribution in [-0.4, -0.2) is 23.0 Å². The highest BCUT2D eigenvalue weighted by molar-refractivity contribution is 9.10. The van der Waals surface area contributed by atoms with Gasteiger partial charge in [0.05, 0.1) is 11.2 Å². The highest BCUT2D eigenvalue weighted by atomic mass is 79.9. The Kier molecular flexibility index (Phi) is 5.72. The average molecular weight is 354 g/mol. The van der Waals surface area contributed by atoms with Gasteiger partial charge in [0.1, 0.15) is 0 Å². The van der Waals surface area contributed by atoms with Gasteiger partial charge in [0.25, 0.3) is 0 Å². The predicted molar refractivity (Wildman–Crippen MR) is 88.7 cm³/mol. The molecule has 0 amide bonds. The van der Waals surface area contributed by atoms with Crippen molar-refractivity contribution in [3.05, 3.63) is 50.9 Å². The van der Waals surface area contributed by atoms with Gasteiger partial charge in [-0.3, -0.25) is 4.90 Å². The highest BCUT2D eigenvalue weighted by Crippen LogP contribution is 2.26. The van der Waals surface area contributed by atoms with Crippen LogP contribution in [0.1, 0.15) is 30.6 Å². The summed E-state index contributed by atoms with van der Waals surface area (Å²) in [6, 6.07) is 8.74. The van der Waals surface area contributed by atoms with Gasteiger partial charge in [0.15, 0.2) is 0 Å². The molecule has 0 fully saturated rings. The topological polar surface area (TPSA) is 42.1 Å². The van der Waals surface area contributed by atoms with E-state index in [1.807, 2.05) is 5.51 Å². The minimum atomic E-state index is 0.111. The zero-order valence-electron chi connectivity index (χ0n) is 11.8. The molecule has 0 saturated carbocycles. The second-order valence-corrected chi connectivity index (χ2v) is 6.60. The summed E-state index contributed by atoms with van der Waals surface area (Å²) in [6.07, 6.45) is 0.947. The van der Waals surface area contributed by atoms with Gasteiger partial charge in [-0.15, -0.1) is 11.3 Å². The number of nitrogens with two attached hydrogens (primary N) is 1. The maximum atomic E-state index is 6.35. The lowest BCUT2D eigenvalue weighted by Gasteiger charge is -2.32. The van der Waals surface area contributed by atoms with E-state index in [4.69, 9.17) is 5.73 Å². The highest BCUT2D eigenvalue weighted by Gasteiger charge is 2.23. The number of benzene rings is 1. The van der Waals surface area contributed by atoms with E-state index in [2.05, 4.69) is 69.4 Å². The third-order valence-corrected chi connectivity index (χ3v) is 4.62. The van der Waals surface area contributed by atoms with E-state index in [1.165, 1.54) is 5.56 Å². The van der Waals surface area contributed by atoms with E-state index >= 15 is 0 Å². The number of halogens is 1. The van der Waals surface area contributed by atoms with Gasteiger partial charge in [-0.2, -0.15) is 0 Å². The van der Waals surface area contributed by atoms with Crippen molar-refractivity contribution in [3.8, 4) is 0 Å². The summed E-state index contributed by atoms with van der Waals surface area (Å²) in [5, 5.41) is 2.09. The van der Waals surface area contributed by atoms with Gasteiger partial charge >= 0.3 is 0 Å². The Morgan fingerprint density at radius 1 is 1.35 bits per heavy atom. The molecule has 5 heteroatoms. The molecule has 1 aromatic carbocycles. The van der Waals surface area contributed by atoms with Crippen LogP contribution in [0.25, 0.3) is 0 Å². The summed E-state index contributed by atoms with van der Waals surface area (Å²) < 4.78 is 1.09. The summed E-state index contributed by atoms with van der Waals surface area (Å²) >= 11 is 5.11. The minimum absolute atomic E-state index is 0.111. The molecule has 0 aliphatic carbocycles. The first-order chi connectivity index (χ1) is 9.61. The average Bonchev–Trinajstić information content (AvgIpc) is 2.94. The third kappa shape index (κ3) is 3.88. The van der Waals surface area contributed by atoms with E-state index in [0.717, 1.165) is 23.1 Å². The van der Waals surface area contributed by atoms with Crippen LogP contribution in [0, 0.1) is 0 Å². The van der Waals surface area contributed by atoms with Crippen LogP contribution in [0.2, 0.25) is 0 Å². The summed E-state index contributed by atoms with van der Waals surface area (Å²) in [5.41, 5.74) is 10.6. The lowest BCUT2D eigenvalue weighted by molar-refractivity contribution is 0.200. The van der Waals surface area contributed by atoms with Gasteiger partial charge in [-0.05, 0) is 31.2 Å². The Labute approximate surface area is 133 Å². The van der Waals surface area contributed by atoms with Crippen LogP contribution in [0.15, 0.2) is 39.6 Å². The molecule has 20 heavy (non-hydrogen) atoms. The molecule has 0 saturated heterocycles. The van der Waals surface area contributed by atoms with Crippen LogP contribution in [0.4, 0.5) is 0 Å². The first-order valence-corrected chi connectivity index (χ1v) is 8.43. The molecule has 3 nitrogen and oxygen atoms in total. The normalized spacial score (nSPS) is 14.4. The Hall–Kier alpha value is -0.750. The van der Waals surface area contributed by atoms with Crippen molar-refractivity contribution >= 4 is 27.3 Å². The van der Waals surface area contributed by atoms with E-state index in [-0.39, 0.29) is 12.1 Å². The van der Waals surface area contributed by atoms with Gasteiger partial charge in [-0.1, -0.05) is 35.0 Å². The molecule has 0 bridgehead atoms. The number of hydrogen-bond donors (Lipinski definition) is 1. The molecule has 0 aliphatic heterocycles. The summed E-state index contributed by atoms with van der Waals surface area (Å²) in [4.78, 5) is 6.64. The number of likely N-dealkylation sites (N-methyl/N-ethyl adjacent to an activating group) is 1. The third-order valence-electron chi connectivity index (χ3n) is 3.46. The van der Waals surface area contributed by atoms with Crippen LogP contribution < -0.4 is 5.73 Å². The number of hydrogen-bond acceptors (Lipinski definition) is 4. The summed E-state index contributed by atoms with van der Waals surface area (Å²) in [5.74, 6) is 0. The fourth-order valence-electron chi connectivity index (χ4n) is 2.38. The molecule has 2 rings (SSSR count). The molecule has 0 spiro atoms. The second kappa shape index (κ2) is 7.31. The van der Waals surface area contributed by atoms with Crippen molar-refractivity contribution in [2.45, 2.75) is 32.0 Å². The lowest BCUT2D eigenvalue weighted by atomic mass is 9.96. The SMILES string of the molecule is CCC(N)C(c1ccc(Br)cc1)N(C)Cc1cscn1. The van der Waals surface area contributed by atoms with E-state index in [0.29, 0.717) is 0 Å². The standard InChI is InChI=1S/C15H20BrN3S/c1-3-14(17)15(11-4-6-12(16)7-5-11)19(2)8-13-9-20-10-18-13/h4-7,9-10,14-15H,3,8,17H2,1-2H3. The maximum absolute atomic E-state index is 6.35. The fraction of sp³-hybridized carbons (Fsp3) is 0.400. The Balaban J connectivity index is 2.20. The van der Waals surface area contributed by atoms with Gasteiger partial charge in [0.2, 0.25) is 0 Å². The molecular formula is C15H20BrN3S. The van der Waals surface area contributed by atoms with Gasteiger partial charge in [0, 0.05) is 28.5 Å². The second-order valence-electron chi connectivity index (χ2n) is 4.96. The van der Waals surface area contributed by atoms with Gasteiger partial charge < -0.3 is 5.73 Å². The van der Waals surface area contributed by atoms with Crippen LogP contribution >= 0.6 is 27.3 Å². The molecular weight excluding hydrogens is 334 g/mol. The van der Waals surface area contributed by atoms with Crippen molar-refractivity contribution < 1.29 is 0 Å². The van der Waals surface area contributed by atoms with Crippen molar-refractivity contribution in [3.63, 3.8) is 0 Å². The smallest absolute Gasteiger partial charge is 0.0795 e. The number of nitrogens with zero attached hydrogens (tertiary/aromatic N) is 2. The molecule has 1 heterocycles. The molecule has 1 aromatic heterocycles. The number of rotatable bonds is 6. The number of aromatic nitrogens is 1. The lowest BCUT2D eigenvalue weighted by Crippen LogP contribution is -2.38. The van der Waals surface area contributed by atoms with Crippen LogP contribution in [0.3, 0.4) is 0 Å². The number of thiazole rings is 1. The first kappa shape index (κ1) is 15.6. The molecule has 0 radical (unpaired) electrons. The van der Waals surface area contributed by atoms with Crippen molar-refractivity contribution in [2.75, 3.05) is 7.05 Å². The van der Waals surface area contributed by atoms with E-state index in [1.54, 1.807) is 11.3 Å². The molecule has 2 atom stereocenters. The van der Waals surface area contributed by atoms with Crippen molar-refractivity contribution in [2.24, 2.45) is 5.73 Å². The zero-order valence-corrected chi connectivity index (χ0v) is 14.2. The van der Waals surface area contributed by atoms with E-state index < -0.39 is 0 Å². The monoisotopic (exact) mass is 353 g/mol. The van der Waals surface area contributed by atoms with Crippen molar-refractivity contribution in [1.82, 2.24) is 9.88 Å². The Morgan fingerprint density at radius 2 is 2.05 bits per heavy atom. The molecule has 2 aromatic rings. The molecule has 108 valence electrons. The summed E-state index contributed by atoms with van der Waals surface area (Å²) in [6.45, 7) is 2.95. The summed E-state index contributed by atoms with van der Waals surface area (Å²) in [7, 11) is 2.11. The Morgan fingerprint density at radius 3 is 2.60 bits per heavy atom. The predicted octanol–water partition coefficient (Wildman–Crippen LogP) is 3.82. The Bertz CT molecular complexity index is 512. The first-order valence-electron chi connectivity index (χ1n) is 6.70. The van der Waals surface area contributed by atoms with E-state index in [9.17, 15) is 0 Å². The maximum Gasteiger partial charge on any atom is 0.0795 e. The zero-order chi connectivity index (χ0) is 14.5. The molecule has 2 N–H and O–H groups in total. The van der Waals surface area contributed by atoms with Crippen LogP contribution in [-0.2, 0) is 6.54 Å². The fourth-order valence-corrected chi connectivity index (χ4v) is 3.20. The molecule has 2 unspecified atom stereocenters. The largest absolute Gasteiger partial charge is 0.326 e. The quantitative estimate of drug-likeness (QED) is 0.858. The minimum Gasteiger partial charge on any atom is -0.326 e.